The number of hydrogen-bond donors (Lipinski definition) is 4. The number of amides is 2. The number of aromatic amines is 1. The average Bonchev–Trinajstić information content (AvgIpc) is 3.12. The fourth-order valence-electron chi connectivity index (χ4n) is 3.77. The molecule has 1 saturated heterocycles. The number of rotatable bonds is 5. The van der Waals surface area contributed by atoms with Gasteiger partial charge in [0.2, 0.25) is 5.95 Å². The van der Waals surface area contributed by atoms with Gasteiger partial charge < -0.3 is 30.4 Å². The number of benzene rings is 1. The van der Waals surface area contributed by atoms with Crippen molar-refractivity contribution in [3.8, 4) is 0 Å². The lowest BCUT2D eigenvalue weighted by atomic mass is 9.82. The van der Waals surface area contributed by atoms with Gasteiger partial charge in [-0.05, 0) is 39.7 Å². The van der Waals surface area contributed by atoms with E-state index in [0.717, 1.165) is 17.2 Å². The molecular formula is C22H30N5O4. The molecule has 31 heavy (non-hydrogen) atoms. The van der Waals surface area contributed by atoms with Gasteiger partial charge in [0.1, 0.15) is 11.6 Å². The molecule has 2 atom stereocenters. The molecule has 2 amide bonds. The zero-order valence-corrected chi connectivity index (χ0v) is 18.3. The first-order chi connectivity index (χ1) is 14.6. The molecule has 9 nitrogen and oxygen atoms in total. The van der Waals surface area contributed by atoms with Crippen LogP contribution in [0.25, 0.3) is 0 Å². The second-order valence-corrected chi connectivity index (χ2v) is 8.69. The maximum absolute atomic E-state index is 12.6. The second-order valence-electron chi connectivity index (χ2n) is 8.69. The van der Waals surface area contributed by atoms with Crippen molar-refractivity contribution in [2.75, 3.05) is 18.0 Å². The van der Waals surface area contributed by atoms with E-state index in [9.17, 15) is 14.7 Å². The Hall–Kier alpha value is -3.23. The van der Waals surface area contributed by atoms with Crippen LogP contribution in [0, 0.1) is 18.9 Å². The Morgan fingerprint density at radius 3 is 2.55 bits per heavy atom. The van der Waals surface area contributed by atoms with E-state index in [2.05, 4.69) is 25.5 Å². The fourth-order valence-corrected chi connectivity index (χ4v) is 3.77. The highest BCUT2D eigenvalue weighted by molar-refractivity contribution is 5.69. The lowest BCUT2D eigenvalue weighted by Gasteiger charge is -2.41. The summed E-state index contributed by atoms with van der Waals surface area (Å²) < 4.78 is 5.46. The molecule has 0 aliphatic carbocycles. The van der Waals surface area contributed by atoms with Crippen molar-refractivity contribution in [1.29, 1.82) is 0 Å². The van der Waals surface area contributed by atoms with Crippen molar-refractivity contribution >= 4 is 18.1 Å². The number of ether oxygens (including phenoxy) is 1. The summed E-state index contributed by atoms with van der Waals surface area (Å²) in [6.45, 7) is 8.44. The lowest BCUT2D eigenvalue weighted by Crippen LogP contribution is -2.57. The van der Waals surface area contributed by atoms with Gasteiger partial charge in [0.25, 0.3) is 0 Å². The molecule has 3 rings (SSSR count). The van der Waals surface area contributed by atoms with Crippen molar-refractivity contribution in [3.63, 3.8) is 0 Å². The Balaban J connectivity index is 1.87. The topological polar surface area (TPSA) is 120 Å². The molecule has 1 aromatic carbocycles. The van der Waals surface area contributed by atoms with Crippen LogP contribution in [0.2, 0.25) is 0 Å². The first kappa shape index (κ1) is 22.5. The molecule has 0 spiro atoms. The molecule has 1 aromatic heterocycles. The van der Waals surface area contributed by atoms with Gasteiger partial charge >= 0.3 is 12.2 Å². The molecule has 1 fully saturated rings. The molecule has 0 saturated carbocycles. The number of H-pyrrole nitrogens is 1. The molecule has 9 heteroatoms. The quantitative estimate of drug-likeness (QED) is 0.580. The van der Waals surface area contributed by atoms with Crippen LogP contribution in [-0.2, 0) is 4.74 Å². The van der Waals surface area contributed by atoms with Crippen molar-refractivity contribution < 1.29 is 19.4 Å². The zero-order chi connectivity index (χ0) is 22.6. The van der Waals surface area contributed by atoms with E-state index in [1.807, 2.05) is 37.3 Å². The predicted molar refractivity (Wildman–Crippen MR) is 117 cm³/mol. The number of carbonyl (C=O) groups is 2. The van der Waals surface area contributed by atoms with Gasteiger partial charge in [0, 0.05) is 30.9 Å². The van der Waals surface area contributed by atoms with Crippen LogP contribution in [0.5, 0.6) is 0 Å². The maximum Gasteiger partial charge on any atom is 0.407 e. The highest BCUT2D eigenvalue weighted by Gasteiger charge is 2.39. The summed E-state index contributed by atoms with van der Waals surface area (Å²) in [4.78, 5) is 33.8. The molecule has 2 aromatic rings. The Bertz CT molecular complexity index is 893. The summed E-state index contributed by atoms with van der Waals surface area (Å²) >= 11 is 0. The van der Waals surface area contributed by atoms with Gasteiger partial charge in [0.05, 0.1) is 6.04 Å². The van der Waals surface area contributed by atoms with Crippen LogP contribution >= 0.6 is 0 Å². The number of alkyl carbamates (subject to hydrolysis) is 1. The van der Waals surface area contributed by atoms with Gasteiger partial charge in [0.15, 0.2) is 0 Å². The number of piperidine rings is 1. The van der Waals surface area contributed by atoms with Gasteiger partial charge in [-0.3, -0.25) is 0 Å². The lowest BCUT2D eigenvalue weighted by molar-refractivity contribution is 0.0482. The highest BCUT2D eigenvalue weighted by atomic mass is 16.6. The normalized spacial score (nSPS) is 19.2. The Labute approximate surface area is 182 Å². The van der Waals surface area contributed by atoms with E-state index < -0.39 is 23.8 Å². The number of aryl methyl sites for hydroxylation is 1. The standard InChI is InChI=1S/C22H30N5O4/c1-14-12-23-19(24-14)27-11-10-16(17(13-27)25-21(30)31-22(2,3)4)18(26-20(28)29)15-8-6-5-7-9-15/h5-9,12,16-17,26H,10-11,13H2,1-4H3,(H,23,24)(H,25,30)(H,28,29). The number of carbonyl (C=O) groups excluding carboxylic acids is 1. The van der Waals surface area contributed by atoms with Gasteiger partial charge in [-0.25, -0.2) is 14.6 Å². The molecule has 2 heterocycles. The van der Waals surface area contributed by atoms with Gasteiger partial charge in [-0.1, -0.05) is 30.3 Å². The highest BCUT2D eigenvalue weighted by Crippen LogP contribution is 2.32. The van der Waals surface area contributed by atoms with E-state index in [4.69, 9.17) is 4.74 Å². The van der Waals surface area contributed by atoms with E-state index in [0.29, 0.717) is 25.6 Å². The Kier molecular flexibility index (Phi) is 6.72. The zero-order valence-electron chi connectivity index (χ0n) is 18.3. The van der Waals surface area contributed by atoms with Crippen LogP contribution < -0.4 is 15.5 Å². The molecule has 1 aliphatic rings. The maximum atomic E-state index is 12.6. The largest absolute Gasteiger partial charge is 0.465 e. The number of nitrogens with one attached hydrogen (secondary N) is 3. The first-order valence-electron chi connectivity index (χ1n) is 10.3. The summed E-state index contributed by atoms with van der Waals surface area (Å²) in [5.74, 6) is 0.470. The minimum absolute atomic E-state index is 0.252. The van der Waals surface area contributed by atoms with Crippen LogP contribution in [0.15, 0.2) is 36.5 Å². The summed E-state index contributed by atoms with van der Waals surface area (Å²) in [5, 5.41) is 15.0. The number of anilines is 1. The number of imidazole rings is 1. The Morgan fingerprint density at radius 1 is 1.26 bits per heavy atom. The summed E-state index contributed by atoms with van der Waals surface area (Å²) in [6.07, 6.45) is 0.692. The van der Waals surface area contributed by atoms with Crippen molar-refractivity contribution in [1.82, 2.24) is 20.6 Å². The molecule has 1 radical (unpaired) electrons. The number of aromatic nitrogens is 2. The van der Waals surface area contributed by atoms with E-state index in [1.54, 1.807) is 27.0 Å². The molecule has 167 valence electrons. The smallest absolute Gasteiger partial charge is 0.407 e. The van der Waals surface area contributed by atoms with Gasteiger partial charge in [-0.15, -0.1) is 0 Å². The van der Waals surface area contributed by atoms with Crippen molar-refractivity contribution in [2.24, 2.45) is 5.92 Å². The van der Waals surface area contributed by atoms with Gasteiger partial charge in [-0.2, -0.15) is 0 Å². The van der Waals surface area contributed by atoms with E-state index >= 15 is 0 Å². The van der Waals surface area contributed by atoms with Crippen LogP contribution in [0.3, 0.4) is 0 Å². The van der Waals surface area contributed by atoms with Crippen LogP contribution in [0.1, 0.15) is 38.4 Å². The fraction of sp³-hybridized carbons (Fsp3) is 0.455. The third-order valence-electron chi connectivity index (χ3n) is 5.00. The number of nitrogens with zero attached hydrogens (tertiary/aromatic N) is 2. The third-order valence-corrected chi connectivity index (χ3v) is 5.00. The van der Waals surface area contributed by atoms with Crippen molar-refractivity contribution in [2.45, 2.75) is 45.8 Å². The Morgan fingerprint density at radius 2 is 1.97 bits per heavy atom. The van der Waals surface area contributed by atoms with E-state index in [-0.39, 0.29) is 5.92 Å². The minimum atomic E-state index is -1.14. The third kappa shape index (κ3) is 6.13. The van der Waals surface area contributed by atoms with Crippen LogP contribution in [0.4, 0.5) is 15.5 Å². The summed E-state index contributed by atoms with van der Waals surface area (Å²) in [6, 6.07) is 9.47. The molecule has 4 N–H and O–H groups in total. The second kappa shape index (κ2) is 9.28. The molecule has 1 aliphatic heterocycles. The summed E-state index contributed by atoms with van der Waals surface area (Å²) in [5.41, 5.74) is 1.07. The average molecular weight is 429 g/mol. The molecule has 2 unspecified atom stereocenters. The summed E-state index contributed by atoms with van der Waals surface area (Å²) in [7, 11) is 0. The SMILES string of the molecule is Cc1cnc(N2CCC([C](NC(=O)O)c3ccccc3)C(NC(=O)OC(C)(C)C)C2)[nH]1. The van der Waals surface area contributed by atoms with Crippen LogP contribution in [-0.4, -0.2) is 52.0 Å². The number of carboxylic acid groups (broad SMARTS) is 1. The molecule has 0 bridgehead atoms. The number of hydrogen-bond acceptors (Lipinski definition) is 5. The van der Waals surface area contributed by atoms with Crippen molar-refractivity contribution in [3.05, 3.63) is 53.8 Å². The predicted octanol–water partition coefficient (Wildman–Crippen LogP) is 3.29. The van der Waals surface area contributed by atoms with E-state index in [1.165, 1.54) is 0 Å². The first-order valence-corrected chi connectivity index (χ1v) is 10.3. The minimum Gasteiger partial charge on any atom is -0.465 e. The monoisotopic (exact) mass is 428 g/mol. The molecular weight excluding hydrogens is 398 g/mol.